The van der Waals surface area contributed by atoms with Crippen molar-refractivity contribution in [1.82, 2.24) is 37.2 Å². The van der Waals surface area contributed by atoms with Crippen molar-refractivity contribution in [2.24, 2.45) is 0 Å². The standard InChI is InChI=1S/C20H27N7O7S/c28-14(21-5-6-35)7-22-15(29)8-23-16(30)9-24-17(31)10-25-18(32)11-26-19(33)12-27-20(34)13-3-1-2-4-13/h1-3,35H,5-12H2,(H,21,28)(H,22,29)(H,23,30)(H,24,31)(H,25,32)(H,26,33)(H,27,34). The molecule has 0 atom stereocenters. The Bertz CT molecular complexity index is 942. The average molecular weight is 510 g/mol. The molecule has 0 fully saturated rings. The molecule has 0 bridgehead atoms. The highest BCUT2D eigenvalue weighted by molar-refractivity contribution is 7.80. The monoisotopic (exact) mass is 509 g/mol. The molecule has 7 amide bonds. The quantitative estimate of drug-likeness (QED) is 0.0800. The van der Waals surface area contributed by atoms with Crippen LogP contribution in [0.15, 0.2) is 29.5 Å². The first-order valence-corrected chi connectivity index (χ1v) is 11.0. The lowest BCUT2D eigenvalue weighted by molar-refractivity contribution is -0.129. The van der Waals surface area contributed by atoms with Crippen LogP contribution in [-0.2, 0) is 33.6 Å². The first-order valence-electron chi connectivity index (χ1n) is 10.3. The van der Waals surface area contributed by atoms with Gasteiger partial charge in [0.2, 0.25) is 35.4 Å². The number of hydrogen-bond donors (Lipinski definition) is 8. The predicted molar refractivity (Wildman–Crippen MR) is 126 cm³/mol. The van der Waals surface area contributed by atoms with E-state index in [1.54, 1.807) is 12.2 Å². The van der Waals surface area contributed by atoms with Crippen molar-refractivity contribution in [1.29, 1.82) is 0 Å². The summed E-state index contributed by atoms with van der Waals surface area (Å²) in [6.07, 6.45) is 4.71. The van der Waals surface area contributed by atoms with Crippen LogP contribution in [0.5, 0.6) is 0 Å². The van der Waals surface area contributed by atoms with Crippen molar-refractivity contribution in [2.45, 2.75) is 0 Å². The summed E-state index contributed by atoms with van der Waals surface area (Å²) in [5, 5.41) is 16.2. The number of hydrogen-bond acceptors (Lipinski definition) is 8. The van der Waals surface area contributed by atoms with Gasteiger partial charge >= 0.3 is 0 Å². The van der Waals surface area contributed by atoms with E-state index in [0.717, 1.165) is 0 Å². The zero-order valence-corrected chi connectivity index (χ0v) is 19.6. The molecule has 0 aromatic rings. The van der Waals surface area contributed by atoms with E-state index in [2.05, 4.69) is 55.6 Å². The summed E-state index contributed by atoms with van der Waals surface area (Å²) in [4.78, 5) is 81.4. The van der Waals surface area contributed by atoms with Gasteiger partial charge in [0, 0.05) is 12.3 Å². The third-order valence-corrected chi connectivity index (χ3v) is 4.14. The molecule has 0 spiro atoms. The van der Waals surface area contributed by atoms with Gasteiger partial charge in [-0.3, -0.25) is 33.6 Å². The van der Waals surface area contributed by atoms with Crippen LogP contribution in [0, 0.1) is 0 Å². The molecule has 0 aliphatic heterocycles. The van der Waals surface area contributed by atoms with Gasteiger partial charge in [-0.25, -0.2) is 0 Å². The molecular formula is C20H27N7O7S. The maximum absolute atomic E-state index is 11.7. The molecule has 1 aliphatic rings. The highest BCUT2D eigenvalue weighted by Crippen LogP contribution is 2.00. The van der Waals surface area contributed by atoms with Crippen LogP contribution in [0.4, 0.5) is 0 Å². The first kappa shape index (κ1) is 28.9. The Balaban J connectivity index is 2.10. The molecule has 35 heavy (non-hydrogen) atoms. The number of allylic oxidation sites excluding steroid dienone is 1. The van der Waals surface area contributed by atoms with Crippen LogP contribution in [0.25, 0.3) is 0 Å². The molecule has 0 aromatic heterocycles. The van der Waals surface area contributed by atoms with Crippen LogP contribution in [-0.4, -0.2) is 92.9 Å². The fraction of sp³-hybridized carbons (Fsp3) is 0.400. The second-order valence-corrected chi connectivity index (χ2v) is 7.17. The third kappa shape index (κ3) is 13.9. The Kier molecular flexibility index (Phi) is 13.6. The van der Waals surface area contributed by atoms with Gasteiger partial charge in [-0.05, 0) is 12.2 Å². The number of carbonyl (C=O) groups excluding carboxylic acids is 7. The van der Waals surface area contributed by atoms with Gasteiger partial charge in [0.25, 0.3) is 5.91 Å². The van der Waals surface area contributed by atoms with Gasteiger partial charge < -0.3 is 37.2 Å². The van der Waals surface area contributed by atoms with Gasteiger partial charge in [0.05, 0.1) is 44.8 Å². The van der Waals surface area contributed by atoms with Crippen LogP contribution in [0.1, 0.15) is 0 Å². The molecule has 14 nitrogen and oxygen atoms in total. The maximum Gasteiger partial charge on any atom is 0.259 e. The van der Waals surface area contributed by atoms with E-state index < -0.39 is 67.5 Å². The lowest BCUT2D eigenvalue weighted by Crippen LogP contribution is -2.47. The summed E-state index contributed by atoms with van der Waals surface area (Å²) < 4.78 is 0. The highest BCUT2D eigenvalue weighted by atomic mass is 32.1. The van der Waals surface area contributed by atoms with Crippen molar-refractivity contribution in [3.05, 3.63) is 29.5 Å². The minimum atomic E-state index is -0.677. The number of carbonyl (C=O) groups is 7. The van der Waals surface area contributed by atoms with Crippen molar-refractivity contribution >= 4 is 54.0 Å². The van der Waals surface area contributed by atoms with Crippen molar-refractivity contribution < 1.29 is 33.6 Å². The molecule has 15 heteroatoms. The predicted octanol–water partition coefficient (Wildman–Crippen LogP) is -4.62. The van der Waals surface area contributed by atoms with E-state index in [4.69, 9.17) is 0 Å². The largest absolute Gasteiger partial charge is 0.354 e. The van der Waals surface area contributed by atoms with E-state index in [-0.39, 0.29) is 18.7 Å². The Morgan fingerprint density at radius 1 is 0.600 bits per heavy atom. The Hall–Kier alpha value is -4.10. The van der Waals surface area contributed by atoms with Gasteiger partial charge in [-0.15, -0.1) is 5.73 Å². The number of nitrogens with one attached hydrogen (secondary N) is 7. The molecule has 0 radical (unpaired) electrons. The Morgan fingerprint density at radius 3 is 1.31 bits per heavy atom. The lowest BCUT2D eigenvalue weighted by atomic mass is 10.3. The highest BCUT2D eigenvalue weighted by Gasteiger charge is 2.12. The van der Waals surface area contributed by atoms with E-state index >= 15 is 0 Å². The summed E-state index contributed by atoms with van der Waals surface area (Å²) >= 11 is 3.93. The molecule has 1 aliphatic carbocycles. The Labute approximate surface area is 206 Å². The average Bonchev–Trinajstić information content (AvgIpc) is 3.39. The third-order valence-electron chi connectivity index (χ3n) is 3.92. The van der Waals surface area contributed by atoms with Crippen molar-refractivity contribution in [3.63, 3.8) is 0 Å². The summed E-state index contributed by atoms with van der Waals surface area (Å²) in [6, 6.07) is 0. The molecule has 0 heterocycles. The minimum Gasteiger partial charge on any atom is -0.354 e. The molecule has 1 rings (SSSR count). The first-order chi connectivity index (χ1) is 16.7. The van der Waals surface area contributed by atoms with Crippen molar-refractivity contribution in [2.75, 3.05) is 51.6 Å². The number of amides is 7. The van der Waals surface area contributed by atoms with E-state index in [1.807, 2.05) is 0 Å². The zero-order chi connectivity index (χ0) is 26.1. The molecule has 0 unspecified atom stereocenters. The van der Waals surface area contributed by atoms with Gasteiger partial charge in [0.15, 0.2) is 0 Å². The van der Waals surface area contributed by atoms with Gasteiger partial charge in [-0.1, -0.05) is 6.08 Å². The molecule has 190 valence electrons. The van der Waals surface area contributed by atoms with E-state index in [1.165, 1.54) is 6.08 Å². The smallest absolute Gasteiger partial charge is 0.259 e. The van der Waals surface area contributed by atoms with Gasteiger partial charge in [-0.2, -0.15) is 12.6 Å². The fourth-order valence-corrected chi connectivity index (χ4v) is 2.30. The van der Waals surface area contributed by atoms with Crippen molar-refractivity contribution in [3.8, 4) is 0 Å². The molecule has 0 aromatic carbocycles. The van der Waals surface area contributed by atoms with Gasteiger partial charge in [0.1, 0.15) is 0 Å². The van der Waals surface area contributed by atoms with Crippen LogP contribution in [0.3, 0.4) is 0 Å². The number of rotatable bonds is 15. The SMILES string of the molecule is O=C(CNC(=O)CNC(=O)CNC(=O)CNC(=O)CNC(=O)CNC(=O)C1=C=CC=C1)NCCS. The maximum atomic E-state index is 11.7. The summed E-state index contributed by atoms with van der Waals surface area (Å²) in [7, 11) is 0. The summed E-state index contributed by atoms with van der Waals surface area (Å²) in [6.45, 7) is -1.94. The Morgan fingerprint density at radius 2 is 0.971 bits per heavy atom. The zero-order valence-electron chi connectivity index (χ0n) is 18.7. The fourth-order valence-electron chi connectivity index (χ4n) is 2.19. The number of thiol groups is 1. The minimum absolute atomic E-state index is 0.249. The second-order valence-electron chi connectivity index (χ2n) is 6.72. The summed E-state index contributed by atoms with van der Waals surface area (Å²) in [5.74, 6) is -3.62. The van der Waals surface area contributed by atoms with E-state index in [9.17, 15) is 33.6 Å². The molecule has 0 saturated heterocycles. The van der Waals surface area contributed by atoms with Crippen LogP contribution in [0.2, 0.25) is 0 Å². The molecule has 0 saturated carbocycles. The second kappa shape index (κ2) is 16.5. The van der Waals surface area contributed by atoms with Crippen LogP contribution < -0.4 is 37.2 Å². The summed E-state index contributed by atoms with van der Waals surface area (Å²) in [5.41, 5.74) is 2.96. The molecular weight excluding hydrogens is 482 g/mol. The lowest BCUT2D eigenvalue weighted by Gasteiger charge is -2.09. The topological polar surface area (TPSA) is 204 Å². The van der Waals surface area contributed by atoms with Crippen LogP contribution >= 0.6 is 12.6 Å². The normalized spacial score (nSPS) is 11.1. The van der Waals surface area contributed by atoms with E-state index in [0.29, 0.717) is 12.3 Å². The molecule has 7 N–H and O–H groups in total.